The molecule has 2 aromatic heterocycles. The van der Waals surface area contributed by atoms with Gasteiger partial charge in [-0.25, -0.2) is 0 Å². The van der Waals surface area contributed by atoms with Gasteiger partial charge in [-0.05, 0) is 31.2 Å². The second kappa shape index (κ2) is 7.64. The molecule has 29 heavy (non-hydrogen) atoms. The highest BCUT2D eigenvalue weighted by Crippen LogP contribution is 2.29. The number of rotatable bonds is 6. The first-order valence-corrected chi connectivity index (χ1v) is 9.36. The van der Waals surface area contributed by atoms with Gasteiger partial charge in [-0.15, -0.1) is 10.2 Å². The Morgan fingerprint density at radius 3 is 2.93 bits per heavy atom. The SMILES string of the molecule is CCOc1ccc(C(=O)Nc2cccc(-c3nn4cnnc4s3)c2)cc1[N+](=O)[O-]. The van der Waals surface area contributed by atoms with Gasteiger partial charge >= 0.3 is 5.69 Å². The molecule has 2 aromatic carbocycles. The van der Waals surface area contributed by atoms with Crippen molar-refractivity contribution in [1.82, 2.24) is 19.8 Å². The molecule has 0 radical (unpaired) electrons. The fourth-order valence-electron chi connectivity index (χ4n) is 2.69. The van der Waals surface area contributed by atoms with Crippen LogP contribution in [-0.4, -0.2) is 37.2 Å². The van der Waals surface area contributed by atoms with E-state index in [-0.39, 0.29) is 23.6 Å². The maximum absolute atomic E-state index is 12.6. The lowest BCUT2D eigenvalue weighted by atomic mass is 10.1. The second-order valence-corrected chi connectivity index (χ2v) is 6.83. The number of fused-ring (bicyclic) bond motifs is 1. The number of nitrogens with zero attached hydrogens (tertiary/aromatic N) is 5. The number of nitro benzene ring substituents is 1. The van der Waals surface area contributed by atoms with E-state index in [1.54, 1.807) is 29.6 Å². The number of hydrogen-bond donors (Lipinski definition) is 1. The first-order valence-electron chi connectivity index (χ1n) is 8.55. The average molecular weight is 410 g/mol. The van der Waals surface area contributed by atoms with Gasteiger partial charge in [0.15, 0.2) is 5.75 Å². The van der Waals surface area contributed by atoms with Crippen LogP contribution in [0.25, 0.3) is 15.5 Å². The summed E-state index contributed by atoms with van der Waals surface area (Å²) < 4.78 is 6.82. The smallest absolute Gasteiger partial charge is 0.311 e. The second-order valence-electron chi connectivity index (χ2n) is 5.87. The van der Waals surface area contributed by atoms with Crippen molar-refractivity contribution >= 4 is 33.6 Å². The van der Waals surface area contributed by atoms with Gasteiger partial charge in [-0.2, -0.15) is 9.61 Å². The van der Waals surface area contributed by atoms with Gasteiger partial charge in [0.2, 0.25) is 4.96 Å². The monoisotopic (exact) mass is 410 g/mol. The number of benzene rings is 2. The van der Waals surface area contributed by atoms with E-state index < -0.39 is 10.8 Å². The zero-order valence-electron chi connectivity index (χ0n) is 15.1. The average Bonchev–Trinajstić information content (AvgIpc) is 3.31. The van der Waals surface area contributed by atoms with Crippen LogP contribution in [0.4, 0.5) is 11.4 Å². The van der Waals surface area contributed by atoms with E-state index in [1.807, 2.05) is 6.07 Å². The van der Waals surface area contributed by atoms with Crippen molar-refractivity contribution in [2.24, 2.45) is 0 Å². The Bertz CT molecular complexity index is 1190. The molecule has 0 aliphatic carbocycles. The zero-order chi connectivity index (χ0) is 20.4. The van der Waals surface area contributed by atoms with Gasteiger partial charge in [0.25, 0.3) is 5.91 Å². The van der Waals surface area contributed by atoms with Crippen LogP contribution in [0.1, 0.15) is 17.3 Å². The Kier molecular flexibility index (Phi) is 4.87. The topological polar surface area (TPSA) is 125 Å². The summed E-state index contributed by atoms with van der Waals surface area (Å²) in [7, 11) is 0. The highest BCUT2D eigenvalue weighted by Gasteiger charge is 2.19. The highest BCUT2D eigenvalue weighted by molar-refractivity contribution is 7.19. The lowest BCUT2D eigenvalue weighted by molar-refractivity contribution is -0.385. The maximum atomic E-state index is 12.6. The molecule has 0 unspecified atom stereocenters. The van der Waals surface area contributed by atoms with E-state index in [9.17, 15) is 14.9 Å². The van der Waals surface area contributed by atoms with Crippen LogP contribution in [-0.2, 0) is 0 Å². The summed E-state index contributed by atoms with van der Waals surface area (Å²) in [6.07, 6.45) is 1.51. The summed E-state index contributed by atoms with van der Waals surface area (Å²) in [5, 5.41) is 26.8. The molecule has 4 rings (SSSR count). The van der Waals surface area contributed by atoms with Crippen LogP contribution >= 0.6 is 11.3 Å². The summed E-state index contributed by atoms with van der Waals surface area (Å²) in [6, 6.07) is 11.3. The van der Waals surface area contributed by atoms with Gasteiger partial charge in [0.05, 0.1) is 11.5 Å². The number of anilines is 1. The lowest BCUT2D eigenvalue weighted by Crippen LogP contribution is -2.12. The van der Waals surface area contributed by atoms with Crippen molar-refractivity contribution < 1.29 is 14.5 Å². The molecule has 1 amide bonds. The van der Waals surface area contributed by atoms with Crippen molar-refractivity contribution in [2.45, 2.75) is 6.92 Å². The number of hydrogen-bond acceptors (Lipinski definition) is 8. The first kappa shape index (κ1) is 18.5. The van der Waals surface area contributed by atoms with Gasteiger partial charge in [-0.1, -0.05) is 23.5 Å². The number of carbonyl (C=O) groups excluding carboxylic acids is 1. The van der Waals surface area contributed by atoms with Gasteiger partial charge < -0.3 is 10.1 Å². The number of amides is 1. The van der Waals surface area contributed by atoms with E-state index >= 15 is 0 Å². The maximum Gasteiger partial charge on any atom is 0.311 e. The summed E-state index contributed by atoms with van der Waals surface area (Å²) in [6.45, 7) is 2.02. The van der Waals surface area contributed by atoms with Gasteiger partial charge in [0.1, 0.15) is 11.3 Å². The molecule has 0 aliphatic heterocycles. The molecule has 0 aliphatic rings. The fraction of sp³-hybridized carbons (Fsp3) is 0.111. The van der Waals surface area contributed by atoms with E-state index in [4.69, 9.17) is 4.74 Å². The molecule has 11 heteroatoms. The van der Waals surface area contributed by atoms with Crippen LogP contribution < -0.4 is 10.1 Å². The van der Waals surface area contributed by atoms with E-state index in [0.717, 1.165) is 10.6 Å². The summed E-state index contributed by atoms with van der Waals surface area (Å²) in [4.78, 5) is 23.9. The van der Waals surface area contributed by atoms with Gasteiger partial charge in [-0.3, -0.25) is 14.9 Å². The van der Waals surface area contributed by atoms with Crippen LogP contribution in [0.3, 0.4) is 0 Å². The third-order valence-electron chi connectivity index (χ3n) is 3.97. The largest absolute Gasteiger partial charge is 0.487 e. The van der Waals surface area contributed by atoms with Crippen molar-refractivity contribution in [1.29, 1.82) is 0 Å². The Morgan fingerprint density at radius 1 is 1.31 bits per heavy atom. The molecular weight excluding hydrogens is 396 g/mol. The fourth-order valence-corrected chi connectivity index (χ4v) is 3.50. The lowest BCUT2D eigenvalue weighted by Gasteiger charge is -2.08. The Balaban J connectivity index is 1.58. The molecule has 0 atom stereocenters. The molecule has 0 fully saturated rings. The molecule has 0 spiro atoms. The minimum absolute atomic E-state index is 0.124. The minimum atomic E-state index is -0.573. The van der Waals surface area contributed by atoms with Crippen molar-refractivity contribution in [3.8, 4) is 16.3 Å². The predicted molar refractivity (Wildman–Crippen MR) is 106 cm³/mol. The Hall–Kier alpha value is -3.86. The predicted octanol–water partition coefficient (Wildman–Crippen LogP) is 3.41. The molecule has 146 valence electrons. The summed E-state index contributed by atoms with van der Waals surface area (Å²) in [5.41, 5.74) is 1.24. The molecule has 1 N–H and O–H groups in total. The van der Waals surface area contributed by atoms with Crippen LogP contribution in [0.2, 0.25) is 0 Å². The quantitative estimate of drug-likeness (QED) is 0.381. The van der Waals surface area contributed by atoms with E-state index in [2.05, 4.69) is 20.6 Å². The molecular formula is C18H14N6O4S. The van der Waals surface area contributed by atoms with Crippen molar-refractivity contribution in [3.05, 3.63) is 64.5 Å². The minimum Gasteiger partial charge on any atom is -0.487 e. The van der Waals surface area contributed by atoms with Crippen molar-refractivity contribution in [3.63, 3.8) is 0 Å². The molecule has 0 saturated heterocycles. The third-order valence-corrected chi connectivity index (χ3v) is 4.93. The number of nitrogens with one attached hydrogen (secondary N) is 1. The zero-order valence-corrected chi connectivity index (χ0v) is 15.9. The Labute approximate surface area is 167 Å². The highest BCUT2D eigenvalue weighted by atomic mass is 32.1. The molecule has 4 aromatic rings. The number of aromatic nitrogens is 4. The third kappa shape index (κ3) is 3.75. The number of nitro groups is 1. The number of ether oxygens (including phenoxy) is 1. The van der Waals surface area contributed by atoms with E-state index in [0.29, 0.717) is 10.6 Å². The normalized spacial score (nSPS) is 10.8. The molecule has 10 nitrogen and oxygen atoms in total. The molecule has 2 heterocycles. The molecule has 0 bridgehead atoms. The standard InChI is InChI=1S/C18H14N6O4S/c1-2-28-15-7-6-11(9-14(15)24(26)27)16(25)20-13-5-3-4-12(8-13)17-22-23-10-19-21-18(23)29-17/h3-10H,2H2,1H3,(H,20,25). The van der Waals surface area contributed by atoms with Crippen LogP contribution in [0.15, 0.2) is 48.8 Å². The van der Waals surface area contributed by atoms with Crippen molar-refractivity contribution in [2.75, 3.05) is 11.9 Å². The number of carbonyl (C=O) groups is 1. The summed E-state index contributed by atoms with van der Waals surface area (Å²) >= 11 is 1.37. The van der Waals surface area contributed by atoms with Crippen LogP contribution in [0, 0.1) is 10.1 Å². The van der Waals surface area contributed by atoms with Crippen LogP contribution in [0.5, 0.6) is 5.75 Å². The Morgan fingerprint density at radius 2 is 2.17 bits per heavy atom. The van der Waals surface area contributed by atoms with E-state index in [1.165, 1.54) is 35.9 Å². The molecule has 0 saturated carbocycles. The summed E-state index contributed by atoms with van der Waals surface area (Å²) in [5.74, 6) is -0.342. The first-order chi connectivity index (χ1) is 14.0. The van der Waals surface area contributed by atoms with Gasteiger partial charge in [0, 0.05) is 22.9 Å².